The first-order valence-electron chi connectivity index (χ1n) is 6.71. The maximum Gasteiger partial charge on any atom is 0.317 e. The Morgan fingerprint density at radius 3 is 2.73 bits per heavy atom. The van der Waals surface area contributed by atoms with Gasteiger partial charge in [0.1, 0.15) is 0 Å². The van der Waals surface area contributed by atoms with Crippen LogP contribution in [0.5, 0.6) is 0 Å². The normalized spacial score (nSPS) is 12.3. The third kappa shape index (κ3) is 5.02. The monoisotopic (exact) mass is 324 g/mol. The van der Waals surface area contributed by atoms with Crippen LogP contribution in [-0.2, 0) is 16.6 Å². The summed E-state index contributed by atoms with van der Waals surface area (Å²) in [6.45, 7) is 2.27. The van der Waals surface area contributed by atoms with Crippen LogP contribution < -0.4 is 10.0 Å². The fourth-order valence-corrected chi connectivity index (χ4v) is 2.59. The summed E-state index contributed by atoms with van der Waals surface area (Å²) in [4.78, 5) is 13.4. The average molecular weight is 324 g/mol. The third-order valence-corrected chi connectivity index (χ3v) is 4.45. The lowest BCUT2D eigenvalue weighted by molar-refractivity contribution is 0.205. The van der Waals surface area contributed by atoms with E-state index in [2.05, 4.69) is 16.1 Å². The Morgan fingerprint density at radius 2 is 2.14 bits per heavy atom. The molecule has 2 N–H and O–H groups in total. The standard InChI is InChI=1S/C14H20N4O3S/c1-11(8-15)10-18(3)14(19)17-9-12-5-4-6-13(7-12)22(20,21)16-2/h4-7,11,16H,9-10H2,1-3H3,(H,17,19). The maximum absolute atomic E-state index is 11.9. The van der Waals surface area contributed by atoms with Gasteiger partial charge in [-0.25, -0.2) is 17.9 Å². The number of sulfonamides is 1. The maximum atomic E-state index is 11.9. The molecule has 0 bridgehead atoms. The number of urea groups is 1. The van der Waals surface area contributed by atoms with Crippen LogP contribution in [0.25, 0.3) is 0 Å². The number of hydrogen-bond donors (Lipinski definition) is 2. The molecule has 0 spiro atoms. The van der Waals surface area contributed by atoms with Crippen molar-refractivity contribution in [1.29, 1.82) is 5.26 Å². The Kier molecular flexibility index (Phi) is 6.34. The molecular weight excluding hydrogens is 304 g/mol. The molecule has 1 aromatic carbocycles. The first-order chi connectivity index (χ1) is 10.3. The number of carbonyl (C=O) groups is 1. The van der Waals surface area contributed by atoms with Crippen LogP contribution >= 0.6 is 0 Å². The highest BCUT2D eigenvalue weighted by Gasteiger charge is 2.13. The van der Waals surface area contributed by atoms with Gasteiger partial charge in [-0.15, -0.1) is 0 Å². The van der Waals surface area contributed by atoms with Gasteiger partial charge in [-0.1, -0.05) is 12.1 Å². The molecule has 0 saturated carbocycles. The topological polar surface area (TPSA) is 102 Å². The third-order valence-electron chi connectivity index (χ3n) is 3.04. The van der Waals surface area contributed by atoms with Gasteiger partial charge in [0.25, 0.3) is 0 Å². The van der Waals surface area contributed by atoms with Crippen LogP contribution in [0.1, 0.15) is 12.5 Å². The molecule has 0 aliphatic heterocycles. The van der Waals surface area contributed by atoms with Crippen molar-refractivity contribution in [3.8, 4) is 6.07 Å². The fourth-order valence-electron chi connectivity index (χ4n) is 1.79. The van der Waals surface area contributed by atoms with Crippen LogP contribution in [0, 0.1) is 17.2 Å². The molecule has 7 nitrogen and oxygen atoms in total. The summed E-state index contributed by atoms with van der Waals surface area (Å²) in [6.07, 6.45) is 0. The van der Waals surface area contributed by atoms with Crippen molar-refractivity contribution < 1.29 is 13.2 Å². The molecule has 1 atom stereocenters. The minimum Gasteiger partial charge on any atom is -0.334 e. The molecule has 8 heteroatoms. The average Bonchev–Trinajstić information content (AvgIpc) is 2.52. The van der Waals surface area contributed by atoms with Crippen LogP contribution in [-0.4, -0.2) is 40.0 Å². The first-order valence-corrected chi connectivity index (χ1v) is 8.19. The summed E-state index contributed by atoms with van der Waals surface area (Å²) >= 11 is 0. The van der Waals surface area contributed by atoms with E-state index in [9.17, 15) is 13.2 Å². The van der Waals surface area contributed by atoms with E-state index < -0.39 is 10.0 Å². The second-order valence-corrected chi connectivity index (χ2v) is 6.81. The van der Waals surface area contributed by atoms with E-state index in [0.29, 0.717) is 12.1 Å². The number of carbonyl (C=O) groups excluding carboxylic acids is 1. The Hall–Kier alpha value is -2.11. The summed E-state index contributed by atoms with van der Waals surface area (Å²) < 4.78 is 25.7. The predicted octanol–water partition coefficient (Wildman–Crippen LogP) is 0.896. The molecule has 1 rings (SSSR count). The van der Waals surface area contributed by atoms with E-state index in [1.54, 1.807) is 26.1 Å². The second-order valence-electron chi connectivity index (χ2n) is 4.92. The predicted molar refractivity (Wildman–Crippen MR) is 82.3 cm³/mol. The molecule has 0 fully saturated rings. The van der Waals surface area contributed by atoms with Crippen LogP contribution in [0.3, 0.4) is 0 Å². The number of nitrogens with one attached hydrogen (secondary N) is 2. The number of benzene rings is 1. The van der Waals surface area contributed by atoms with Gasteiger partial charge in [-0.05, 0) is 31.7 Å². The lowest BCUT2D eigenvalue weighted by Gasteiger charge is -2.19. The van der Waals surface area contributed by atoms with Gasteiger partial charge in [-0.3, -0.25) is 0 Å². The van der Waals surface area contributed by atoms with E-state index in [4.69, 9.17) is 5.26 Å². The number of rotatable bonds is 6. The van der Waals surface area contributed by atoms with Gasteiger partial charge in [-0.2, -0.15) is 5.26 Å². The summed E-state index contributed by atoms with van der Waals surface area (Å²) in [5.74, 6) is -0.250. The Balaban J connectivity index is 2.68. The second kappa shape index (κ2) is 7.77. The lowest BCUT2D eigenvalue weighted by atomic mass is 10.2. The number of nitrogens with zero attached hydrogens (tertiary/aromatic N) is 2. The Labute approximate surface area is 131 Å². The zero-order valence-electron chi connectivity index (χ0n) is 12.8. The molecule has 0 saturated heterocycles. The highest BCUT2D eigenvalue weighted by atomic mass is 32.2. The quantitative estimate of drug-likeness (QED) is 0.811. The molecule has 120 valence electrons. The number of amides is 2. The SMILES string of the molecule is CNS(=O)(=O)c1cccc(CNC(=O)N(C)CC(C)C#N)c1. The van der Waals surface area contributed by atoms with E-state index in [1.165, 1.54) is 24.1 Å². The molecule has 0 aliphatic carbocycles. The highest BCUT2D eigenvalue weighted by Crippen LogP contribution is 2.11. The largest absolute Gasteiger partial charge is 0.334 e. The van der Waals surface area contributed by atoms with Gasteiger partial charge < -0.3 is 10.2 Å². The molecular formula is C14H20N4O3S. The zero-order chi connectivity index (χ0) is 16.8. The smallest absolute Gasteiger partial charge is 0.317 e. The summed E-state index contributed by atoms with van der Waals surface area (Å²) in [5, 5.41) is 11.4. The van der Waals surface area contributed by atoms with Crippen LogP contribution in [0.2, 0.25) is 0 Å². The van der Waals surface area contributed by atoms with Crippen LogP contribution in [0.4, 0.5) is 4.79 Å². The van der Waals surface area contributed by atoms with Gasteiger partial charge in [0.05, 0.1) is 16.9 Å². The van der Waals surface area contributed by atoms with Gasteiger partial charge in [0.15, 0.2) is 0 Å². The van der Waals surface area contributed by atoms with E-state index in [-0.39, 0.29) is 23.4 Å². The highest BCUT2D eigenvalue weighted by molar-refractivity contribution is 7.89. The molecule has 1 aromatic rings. The van der Waals surface area contributed by atoms with Crippen molar-refractivity contribution in [1.82, 2.24) is 14.9 Å². The van der Waals surface area contributed by atoms with Crippen molar-refractivity contribution in [3.63, 3.8) is 0 Å². The molecule has 0 radical (unpaired) electrons. The summed E-state index contributed by atoms with van der Waals surface area (Å²) in [6, 6.07) is 8.08. The molecule has 0 heterocycles. The minimum atomic E-state index is -3.50. The van der Waals surface area contributed by atoms with Crippen molar-refractivity contribution in [2.24, 2.45) is 5.92 Å². The number of nitriles is 1. The fraction of sp³-hybridized carbons (Fsp3) is 0.429. The minimum absolute atomic E-state index is 0.146. The van der Waals surface area contributed by atoms with E-state index in [0.717, 1.165) is 0 Å². The zero-order valence-corrected chi connectivity index (χ0v) is 13.6. The molecule has 0 aromatic heterocycles. The molecule has 1 unspecified atom stereocenters. The Morgan fingerprint density at radius 1 is 1.45 bits per heavy atom. The summed E-state index contributed by atoms with van der Waals surface area (Å²) in [5.41, 5.74) is 0.673. The van der Waals surface area contributed by atoms with Gasteiger partial charge in [0, 0.05) is 20.1 Å². The van der Waals surface area contributed by atoms with Crippen molar-refractivity contribution in [2.75, 3.05) is 20.6 Å². The van der Waals surface area contributed by atoms with Crippen molar-refractivity contribution in [2.45, 2.75) is 18.4 Å². The van der Waals surface area contributed by atoms with Crippen molar-refractivity contribution in [3.05, 3.63) is 29.8 Å². The first kappa shape index (κ1) is 17.9. The summed E-state index contributed by atoms with van der Waals surface area (Å²) in [7, 11) is -0.559. The lowest BCUT2D eigenvalue weighted by Crippen LogP contribution is -2.39. The van der Waals surface area contributed by atoms with Gasteiger partial charge in [0.2, 0.25) is 10.0 Å². The van der Waals surface area contributed by atoms with Crippen molar-refractivity contribution >= 4 is 16.1 Å². The molecule has 0 aliphatic rings. The van der Waals surface area contributed by atoms with Gasteiger partial charge >= 0.3 is 6.03 Å². The molecule has 22 heavy (non-hydrogen) atoms. The van der Waals surface area contributed by atoms with Crippen LogP contribution in [0.15, 0.2) is 29.2 Å². The number of hydrogen-bond acceptors (Lipinski definition) is 4. The van der Waals surface area contributed by atoms with E-state index >= 15 is 0 Å². The Bertz CT molecular complexity index is 667. The molecule has 2 amide bonds. The van der Waals surface area contributed by atoms with E-state index in [1.807, 2.05) is 0 Å².